The Bertz CT molecular complexity index is 342. The van der Waals surface area contributed by atoms with E-state index in [0.717, 1.165) is 44.4 Å². The molecule has 17 heavy (non-hydrogen) atoms. The quantitative estimate of drug-likeness (QED) is 0.777. The molecule has 1 atom stereocenters. The lowest BCUT2D eigenvalue weighted by molar-refractivity contribution is 0.545. The van der Waals surface area contributed by atoms with Crippen LogP contribution in [0.3, 0.4) is 0 Å². The van der Waals surface area contributed by atoms with Crippen LogP contribution in [0.4, 0.5) is 14.6 Å². The van der Waals surface area contributed by atoms with Gasteiger partial charge in [0.25, 0.3) is 0 Å². The molecule has 1 aromatic rings. The van der Waals surface area contributed by atoms with Crippen molar-refractivity contribution in [2.75, 3.05) is 5.32 Å². The second kappa shape index (κ2) is 7.20. The molecule has 4 heteroatoms. The topological polar surface area (TPSA) is 24.9 Å². The van der Waals surface area contributed by atoms with Crippen LogP contribution in [-0.4, -0.2) is 11.0 Å². The summed E-state index contributed by atoms with van der Waals surface area (Å²) in [6, 6.07) is 1.07. The van der Waals surface area contributed by atoms with Crippen molar-refractivity contribution in [1.82, 2.24) is 4.98 Å². The summed E-state index contributed by atoms with van der Waals surface area (Å²) in [6.45, 7) is 4.22. The summed E-state index contributed by atoms with van der Waals surface area (Å²) < 4.78 is 26.1. The van der Waals surface area contributed by atoms with E-state index in [2.05, 4.69) is 24.1 Å². The van der Waals surface area contributed by atoms with Crippen LogP contribution in [0.5, 0.6) is 0 Å². The fourth-order valence-electron chi connectivity index (χ4n) is 1.80. The number of pyridine rings is 1. The van der Waals surface area contributed by atoms with Crippen molar-refractivity contribution in [1.29, 1.82) is 0 Å². The van der Waals surface area contributed by atoms with Crippen LogP contribution in [0, 0.1) is 11.6 Å². The second-order valence-electron chi connectivity index (χ2n) is 4.26. The minimum Gasteiger partial charge on any atom is -0.365 e. The smallest absolute Gasteiger partial charge is 0.168 e. The highest BCUT2D eigenvalue weighted by atomic mass is 19.1. The molecule has 0 fully saturated rings. The van der Waals surface area contributed by atoms with E-state index in [1.54, 1.807) is 0 Å². The predicted octanol–water partition coefficient (Wildman–Crippen LogP) is 4.13. The molecule has 0 spiro atoms. The number of unbranched alkanes of at least 4 members (excludes halogenated alkanes) is 1. The third-order valence-corrected chi connectivity index (χ3v) is 2.69. The van der Waals surface area contributed by atoms with E-state index < -0.39 is 11.6 Å². The fraction of sp³-hybridized carbons (Fsp3) is 0.615. The standard InChI is InChI=1S/C13H20F2N2/c1-3-5-7-11(6-4-2)17-13-12(15)8-10(14)9-16-13/h8-9,11H,3-7H2,1-2H3,(H,16,17). The number of anilines is 1. The molecule has 0 saturated carbocycles. The van der Waals surface area contributed by atoms with Crippen LogP contribution in [0.25, 0.3) is 0 Å². The first kappa shape index (κ1) is 13.9. The first-order valence-electron chi connectivity index (χ1n) is 6.25. The minimum absolute atomic E-state index is 0.154. The summed E-state index contributed by atoms with van der Waals surface area (Å²) in [5.74, 6) is -1.11. The number of hydrogen-bond donors (Lipinski definition) is 1. The SMILES string of the molecule is CCCCC(CCC)Nc1ncc(F)cc1F. The summed E-state index contributed by atoms with van der Waals surface area (Å²) in [7, 11) is 0. The van der Waals surface area contributed by atoms with E-state index in [0.29, 0.717) is 0 Å². The number of nitrogens with zero attached hydrogens (tertiary/aromatic N) is 1. The maximum Gasteiger partial charge on any atom is 0.168 e. The summed E-state index contributed by atoms with van der Waals surface area (Å²) in [4.78, 5) is 3.75. The minimum atomic E-state index is -0.645. The van der Waals surface area contributed by atoms with Gasteiger partial charge in [0.2, 0.25) is 0 Å². The van der Waals surface area contributed by atoms with Gasteiger partial charge in [0.15, 0.2) is 11.6 Å². The lowest BCUT2D eigenvalue weighted by Gasteiger charge is -2.18. The van der Waals surface area contributed by atoms with Gasteiger partial charge >= 0.3 is 0 Å². The molecule has 2 nitrogen and oxygen atoms in total. The number of nitrogens with one attached hydrogen (secondary N) is 1. The fourth-order valence-corrected chi connectivity index (χ4v) is 1.80. The van der Waals surface area contributed by atoms with Crippen LogP contribution in [0.15, 0.2) is 12.3 Å². The summed E-state index contributed by atoms with van der Waals surface area (Å²) in [6.07, 6.45) is 6.24. The van der Waals surface area contributed by atoms with Crippen LogP contribution >= 0.6 is 0 Å². The second-order valence-corrected chi connectivity index (χ2v) is 4.26. The molecule has 1 rings (SSSR count). The van der Waals surface area contributed by atoms with E-state index in [1.807, 2.05) is 0 Å². The molecule has 0 aliphatic rings. The Morgan fingerprint density at radius 3 is 2.59 bits per heavy atom. The third kappa shape index (κ3) is 4.67. The van der Waals surface area contributed by atoms with Gasteiger partial charge in [-0.3, -0.25) is 0 Å². The predicted molar refractivity (Wildman–Crippen MR) is 66.0 cm³/mol. The molecule has 0 aliphatic carbocycles. The van der Waals surface area contributed by atoms with Crippen LogP contribution in [-0.2, 0) is 0 Å². The molecule has 0 saturated heterocycles. The lowest BCUT2D eigenvalue weighted by atomic mass is 10.1. The highest BCUT2D eigenvalue weighted by molar-refractivity contribution is 5.36. The molecule has 0 bridgehead atoms. The van der Waals surface area contributed by atoms with Crippen molar-refractivity contribution >= 4 is 5.82 Å². The zero-order valence-corrected chi connectivity index (χ0v) is 10.5. The van der Waals surface area contributed by atoms with E-state index in [1.165, 1.54) is 0 Å². The molecule has 1 N–H and O–H groups in total. The first-order chi connectivity index (χ1) is 8.17. The van der Waals surface area contributed by atoms with Gasteiger partial charge < -0.3 is 5.32 Å². The Hall–Kier alpha value is -1.19. The maximum absolute atomic E-state index is 13.4. The van der Waals surface area contributed by atoms with Gasteiger partial charge in [-0.1, -0.05) is 33.1 Å². The van der Waals surface area contributed by atoms with Crippen LogP contribution in [0.2, 0.25) is 0 Å². The Kier molecular flexibility index (Phi) is 5.87. The number of hydrogen-bond acceptors (Lipinski definition) is 2. The average molecular weight is 242 g/mol. The Morgan fingerprint density at radius 2 is 2.00 bits per heavy atom. The maximum atomic E-state index is 13.4. The van der Waals surface area contributed by atoms with E-state index in [-0.39, 0.29) is 11.9 Å². The average Bonchev–Trinajstić information content (AvgIpc) is 2.29. The molecule has 1 heterocycles. The highest BCUT2D eigenvalue weighted by Crippen LogP contribution is 2.16. The molecule has 1 aromatic heterocycles. The van der Waals surface area contributed by atoms with Crippen molar-refractivity contribution in [3.05, 3.63) is 23.9 Å². The number of rotatable bonds is 7. The van der Waals surface area contributed by atoms with Crippen molar-refractivity contribution in [3.63, 3.8) is 0 Å². The summed E-state index contributed by atoms with van der Waals surface area (Å²) in [5, 5.41) is 3.06. The normalized spacial score (nSPS) is 12.5. The van der Waals surface area contributed by atoms with Crippen molar-refractivity contribution in [2.24, 2.45) is 0 Å². The molecule has 0 amide bonds. The Morgan fingerprint density at radius 1 is 1.24 bits per heavy atom. The largest absolute Gasteiger partial charge is 0.365 e. The van der Waals surface area contributed by atoms with Crippen molar-refractivity contribution < 1.29 is 8.78 Å². The van der Waals surface area contributed by atoms with E-state index in [9.17, 15) is 8.78 Å². The van der Waals surface area contributed by atoms with Gasteiger partial charge in [-0.25, -0.2) is 13.8 Å². The van der Waals surface area contributed by atoms with Gasteiger partial charge in [0, 0.05) is 12.1 Å². The van der Waals surface area contributed by atoms with Crippen LogP contribution in [0.1, 0.15) is 46.0 Å². The first-order valence-corrected chi connectivity index (χ1v) is 6.25. The number of aromatic nitrogens is 1. The molecular formula is C13H20F2N2. The van der Waals surface area contributed by atoms with Gasteiger partial charge in [0.1, 0.15) is 5.82 Å². The van der Waals surface area contributed by atoms with Crippen molar-refractivity contribution in [3.8, 4) is 0 Å². The van der Waals surface area contributed by atoms with Crippen LogP contribution < -0.4 is 5.32 Å². The summed E-state index contributed by atoms with van der Waals surface area (Å²) >= 11 is 0. The van der Waals surface area contributed by atoms with E-state index >= 15 is 0 Å². The van der Waals surface area contributed by atoms with E-state index in [4.69, 9.17) is 0 Å². The summed E-state index contributed by atoms with van der Waals surface area (Å²) in [5.41, 5.74) is 0. The van der Waals surface area contributed by atoms with Gasteiger partial charge in [-0.15, -0.1) is 0 Å². The van der Waals surface area contributed by atoms with Crippen molar-refractivity contribution in [2.45, 2.75) is 52.0 Å². The monoisotopic (exact) mass is 242 g/mol. The highest BCUT2D eigenvalue weighted by Gasteiger charge is 2.11. The zero-order chi connectivity index (χ0) is 12.7. The molecule has 1 unspecified atom stereocenters. The molecule has 96 valence electrons. The Balaban J connectivity index is 2.64. The zero-order valence-electron chi connectivity index (χ0n) is 10.5. The van der Waals surface area contributed by atoms with Gasteiger partial charge in [-0.05, 0) is 12.8 Å². The molecule has 0 radical (unpaired) electrons. The molecule has 0 aliphatic heterocycles. The number of halogens is 2. The lowest BCUT2D eigenvalue weighted by Crippen LogP contribution is -2.20. The van der Waals surface area contributed by atoms with Gasteiger partial charge in [0.05, 0.1) is 6.20 Å². The molecular weight excluding hydrogens is 222 g/mol. The van der Waals surface area contributed by atoms with Gasteiger partial charge in [-0.2, -0.15) is 0 Å². The Labute approximate surface area is 101 Å². The molecule has 0 aromatic carbocycles. The third-order valence-electron chi connectivity index (χ3n) is 2.69.